The van der Waals surface area contributed by atoms with E-state index in [1.54, 1.807) is 0 Å². The minimum atomic E-state index is -1.05. The van der Waals surface area contributed by atoms with Gasteiger partial charge in [-0.3, -0.25) is 9.59 Å². The van der Waals surface area contributed by atoms with Gasteiger partial charge in [-0.25, -0.2) is 9.59 Å². The van der Waals surface area contributed by atoms with E-state index in [1.807, 2.05) is 0 Å². The van der Waals surface area contributed by atoms with Crippen LogP contribution in [0.2, 0.25) is 0 Å². The number of carbonyl (C=O) groups excluding carboxylic acids is 4. The molecule has 0 N–H and O–H groups in total. The molecule has 0 radical (unpaired) electrons. The average Bonchev–Trinajstić information content (AvgIpc) is 2.93. The lowest BCUT2D eigenvalue weighted by Crippen LogP contribution is -2.28. The molecule has 0 heterocycles. The van der Waals surface area contributed by atoms with E-state index in [9.17, 15) is 19.2 Å². The number of hydrogen-bond donors (Lipinski definition) is 0. The molecule has 12 nitrogen and oxygen atoms in total. The Morgan fingerprint density at radius 3 is 1.15 bits per heavy atom. The Labute approximate surface area is 238 Å². The van der Waals surface area contributed by atoms with E-state index in [0.717, 1.165) is 25.7 Å². The summed E-state index contributed by atoms with van der Waals surface area (Å²) in [5.41, 5.74) is 0. The van der Waals surface area contributed by atoms with E-state index in [2.05, 4.69) is 13.8 Å². The first kappa shape index (κ1) is 37.7. The number of rotatable bonds is 27. The van der Waals surface area contributed by atoms with Gasteiger partial charge in [0, 0.05) is 26.1 Å². The zero-order chi connectivity index (χ0) is 29.8. The van der Waals surface area contributed by atoms with Gasteiger partial charge in [-0.2, -0.15) is 0 Å². The summed E-state index contributed by atoms with van der Waals surface area (Å²) in [6.45, 7) is 10.7. The number of hydrogen-bond acceptors (Lipinski definition) is 12. The van der Waals surface area contributed by atoms with Crippen LogP contribution >= 0.6 is 0 Å². The molecular weight excluding hydrogens is 528 g/mol. The Balaban J connectivity index is 3.78. The van der Waals surface area contributed by atoms with Crippen LogP contribution < -0.4 is 0 Å². The van der Waals surface area contributed by atoms with Crippen molar-refractivity contribution in [3.63, 3.8) is 0 Å². The molecule has 0 rings (SSSR count). The summed E-state index contributed by atoms with van der Waals surface area (Å²) in [5, 5.41) is 0. The molecular formula is C28H50O12. The second-order valence-corrected chi connectivity index (χ2v) is 8.96. The van der Waals surface area contributed by atoms with Crippen LogP contribution in [0.1, 0.15) is 79.1 Å². The molecule has 40 heavy (non-hydrogen) atoms. The standard InChI is InChI=1S/C28H50O12/c1-5-7-13-33-15-17-35-19-21-37-27(31)23(3)39-25(29)11-9-10-12-26(30)40-24(4)28(32)38-22-20-36-18-16-34-14-8-6-2/h23-24H,5-22H2,1-4H3/t23-,24-/m1/s1. The lowest BCUT2D eigenvalue weighted by atomic mass is 10.2. The third-order valence-corrected chi connectivity index (χ3v) is 5.26. The van der Waals surface area contributed by atoms with Gasteiger partial charge in [0.1, 0.15) is 13.2 Å². The zero-order valence-corrected chi connectivity index (χ0v) is 24.8. The monoisotopic (exact) mass is 578 g/mol. The number of esters is 4. The highest BCUT2D eigenvalue weighted by Gasteiger charge is 2.21. The molecule has 0 aliphatic rings. The van der Waals surface area contributed by atoms with E-state index in [-0.39, 0.29) is 39.3 Å². The fourth-order valence-electron chi connectivity index (χ4n) is 2.92. The molecule has 0 unspecified atom stereocenters. The molecule has 0 aliphatic heterocycles. The molecule has 0 aliphatic carbocycles. The van der Waals surface area contributed by atoms with Crippen molar-refractivity contribution in [2.24, 2.45) is 0 Å². The van der Waals surface area contributed by atoms with Gasteiger partial charge in [0.2, 0.25) is 0 Å². The van der Waals surface area contributed by atoms with E-state index < -0.39 is 36.1 Å². The molecule has 0 aromatic heterocycles. The van der Waals surface area contributed by atoms with Crippen molar-refractivity contribution >= 4 is 23.9 Å². The molecule has 0 saturated heterocycles. The van der Waals surface area contributed by atoms with E-state index in [1.165, 1.54) is 13.8 Å². The minimum Gasteiger partial charge on any atom is -0.461 e. The maximum absolute atomic E-state index is 12.0. The largest absolute Gasteiger partial charge is 0.461 e. The molecule has 0 spiro atoms. The molecule has 0 bridgehead atoms. The first-order valence-electron chi connectivity index (χ1n) is 14.3. The van der Waals surface area contributed by atoms with Gasteiger partial charge in [-0.15, -0.1) is 0 Å². The van der Waals surface area contributed by atoms with E-state index in [4.69, 9.17) is 37.9 Å². The van der Waals surface area contributed by atoms with Gasteiger partial charge in [-0.1, -0.05) is 26.7 Å². The topological polar surface area (TPSA) is 142 Å². The van der Waals surface area contributed by atoms with Gasteiger partial charge in [0.15, 0.2) is 12.2 Å². The van der Waals surface area contributed by atoms with Crippen molar-refractivity contribution in [3.8, 4) is 0 Å². The Bertz CT molecular complexity index is 614. The van der Waals surface area contributed by atoms with Crippen molar-refractivity contribution in [3.05, 3.63) is 0 Å². The molecule has 0 aromatic rings. The maximum Gasteiger partial charge on any atom is 0.347 e. The molecule has 2 atom stereocenters. The maximum atomic E-state index is 12.0. The Hall–Kier alpha value is -2.28. The normalized spacial score (nSPS) is 12.4. The highest BCUT2D eigenvalue weighted by Crippen LogP contribution is 2.07. The second kappa shape index (κ2) is 26.9. The molecule has 234 valence electrons. The SMILES string of the molecule is CCCCOCCOCCOC(=O)[C@@H](C)OC(=O)CCCCC(=O)O[C@H](C)C(=O)OCCOCCOCCCC. The lowest BCUT2D eigenvalue weighted by Gasteiger charge is -2.14. The first-order valence-corrected chi connectivity index (χ1v) is 14.3. The first-order chi connectivity index (χ1) is 19.3. The summed E-state index contributed by atoms with van der Waals surface area (Å²) in [6.07, 6.45) is 2.79. The van der Waals surface area contributed by atoms with Crippen molar-refractivity contribution in [1.29, 1.82) is 0 Å². The van der Waals surface area contributed by atoms with Crippen LogP contribution in [-0.4, -0.2) is 102 Å². The number of unbranched alkanes of at least 4 members (excludes halogenated alkanes) is 3. The highest BCUT2D eigenvalue weighted by atomic mass is 16.6. The van der Waals surface area contributed by atoms with Gasteiger partial charge < -0.3 is 37.9 Å². The van der Waals surface area contributed by atoms with Gasteiger partial charge in [0.25, 0.3) is 0 Å². The van der Waals surface area contributed by atoms with Gasteiger partial charge in [-0.05, 0) is 39.5 Å². The van der Waals surface area contributed by atoms with Crippen LogP contribution in [-0.2, 0) is 57.1 Å². The second-order valence-electron chi connectivity index (χ2n) is 8.96. The highest BCUT2D eigenvalue weighted by molar-refractivity contribution is 5.79. The fourth-order valence-corrected chi connectivity index (χ4v) is 2.92. The van der Waals surface area contributed by atoms with Gasteiger partial charge in [0.05, 0.1) is 39.6 Å². The molecule has 12 heteroatoms. The third-order valence-electron chi connectivity index (χ3n) is 5.26. The Morgan fingerprint density at radius 2 is 0.800 bits per heavy atom. The summed E-state index contributed by atoms with van der Waals surface area (Å²) in [4.78, 5) is 47.8. The van der Waals surface area contributed by atoms with Crippen LogP contribution in [0.3, 0.4) is 0 Å². The number of ether oxygens (including phenoxy) is 8. The summed E-state index contributed by atoms with van der Waals surface area (Å²) < 4.78 is 41.5. The van der Waals surface area contributed by atoms with E-state index in [0.29, 0.717) is 52.5 Å². The van der Waals surface area contributed by atoms with Crippen molar-refractivity contribution < 1.29 is 57.1 Å². The summed E-state index contributed by atoms with van der Waals surface area (Å²) in [6, 6.07) is 0. The van der Waals surface area contributed by atoms with Crippen LogP contribution in [0.25, 0.3) is 0 Å². The predicted octanol–water partition coefficient (Wildman–Crippen LogP) is 3.16. The summed E-state index contributed by atoms with van der Waals surface area (Å²) in [5.74, 6) is -2.48. The molecule has 0 saturated carbocycles. The smallest absolute Gasteiger partial charge is 0.347 e. The molecule has 0 amide bonds. The van der Waals surface area contributed by atoms with Crippen LogP contribution in [0.15, 0.2) is 0 Å². The van der Waals surface area contributed by atoms with Crippen LogP contribution in [0.5, 0.6) is 0 Å². The van der Waals surface area contributed by atoms with Crippen molar-refractivity contribution in [1.82, 2.24) is 0 Å². The summed E-state index contributed by atoms with van der Waals surface area (Å²) in [7, 11) is 0. The predicted molar refractivity (Wildman–Crippen MR) is 145 cm³/mol. The van der Waals surface area contributed by atoms with Gasteiger partial charge >= 0.3 is 23.9 Å². The van der Waals surface area contributed by atoms with Crippen LogP contribution in [0, 0.1) is 0 Å². The van der Waals surface area contributed by atoms with Crippen molar-refractivity contribution in [2.45, 2.75) is 91.3 Å². The average molecular weight is 579 g/mol. The number of carbonyl (C=O) groups is 4. The molecule has 0 fully saturated rings. The fraction of sp³-hybridized carbons (Fsp3) is 0.857. The molecule has 0 aromatic carbocycles. The van der Waals surface area contributed by atoms with Crippen LogP contribution in [0.4, 0.5) is 0 Å². The van der Waals surface area contributed by atoms with Crippen molar-refractivity contribution in [2.75, 3.05) is 66.1 Å². The third kappa shape index (κ3) is 23.6. The summed E-state index contributed by atoms with van der Waals surface area (Å²) >= 11 is 0. The quantitative estimate of drug-likeness (QED) is 0.0802. The minimum absolute atomic E-state index is 0.0211. The zero-order valence-electron chi connectivity index (χ0n) is 24.8. The lowest BCUT2D eigenvalue weighted by molar-refractivity contribution is -0.168. The Morgan fingerprint density at radius 1 is 0.475 bits per heavy atom. The van der Waals surface area contributed by atoms with E-state index >= 15 is 0 Å². The Kier molecular flexibility index (Phi) is 25.4.